The number of nitrogen functional groups attached to an aromatic ring is 1. The second kappa shape index (κ2) is 25.0. The van der Waals surface area contributed by atoms with Crippen molar-refractivity contribution in [3.8, 4) is 11.5 Å². The van der Waals surface area contributed by atoms with Crippen molar-refractivity contribution in [1.29, 1.82) is 5.41 Å². The SMILES string of the molecule is CO[C@@H]1O[C@@H](COCC(=O)O)[C@@H](O[C@@H]2OC(COCC(=O)NCCCOc3ccc(C(=O)Oc4ccc(C(=N)N)cc4)cc3)[C@@H](O[C@@H]3O[C@@H](CO)[C@@H](OC)C(O)C3O)[C@H](O)C2O)C(O)C1O. The van der Waals surface area contributed by atoms with Gasteiger partial charge in [-0.3, -0.25) is 10.2 Å². The summed E-state index contributed by atoms with van der Waals surface area (Å²) in [5.74, 6) is -1.92. The maximum absolute atomic E-state index is 12.8. The summed E-state index contributed by atoms with van der Waals surface area (Å²) in [4.78, 5) is 36.4. The van der Waals surface area contributed by atoms with E-state index >= 15 is 0 Å². The highest BCUT2D eigenvalue weighted by molar-refractivity contribution is 5.95. The smallest absolute Gasteiger partial charge is 0.343 e. The summed E-state index contributed by atoms with van der Waals surface area (Å²) >= 11 is 0. The molecule has 3 aliphatic heterocycles. The number of esters is 1. The Hall–Kier alpha value is -4.52. The van der Waals surface area contributed by atoms with Crippen molar-refractivity contribution >= 4 is 23.7 Å². The zero-order valence-corrected chi connectivity index (χ0v) is 35.8. The van der Waals surface area contributed by atoms with Crippen LogP contribution in [0.1, 0.15) is 22.3 Å². The van der Waals surface area contributed by atoms with Gasteiger partial charge in [-0.2, -0.15) is 0 Å². The molecule has 6 unspecified atom stereocenters. The molecule has 0 saturated carbocycles. The highest BCUT2D eigenvalue weighted by atomic mass is 16.8. The van der Waals surface area contributed by atoms with E-state index in [4.69, 9.17) is 68.4 Å². The van der Waals surface area contributed by atoms with Crippen LogP contribution in [0.5, 0.6) is 11.5 Å². The van der Waals surface area contributed by atoms with Crippen molar-refractivity contribution in [2.75, 3.05) is 60.4 Å². The predicted octanol–water partition coefficient (Wildman–Crippen LogP) is -4.04. The fourth-order valence-electron chi connectivity index (χ4n) is 7.12. The van der Waals surface area contributed by atoms with Gasteiger partial charge in [-0.15, -0.1) is 0 Å². The van der Waals surface area contributed by atoms with Crippen molar-refractivity contribution < 1.29 is 107 Å². The fraction of sp³-hybridized carbons (Fsp3) is 0.610. The number of nitrogens with two attached hydrogens (primary N) is 1. The van der Waals surface area contributed by atoms with E-state index in [1.807, 2.05) is 0 Å². The van der Waals surface area contributed by atoms with Crippen molar-refractivity contribution in [3.63, 3.8) is 0 Å². The van der Waals surface area contributed by atoms with Crippen LogP contribution in [0.3, 0.4) is 0 Å². The summed E-state index contributed by atoms with van der Waals surface area (Å²) in [6.45, 7) is -2.76. The molecule has 2 aromatic rings. The van der Waals surface area contributed by atoms with Crippen LogP contribution in [-0.2, 0) is 52.2 Å². The summed E-state index contributed by atoms with van der Waals surface area (Å²) in [7, 11) is 2.40. The number of ether oxygens (including phenoxy) is 11. The molecule has 15 atom stereocenters. The Morgan fingerprint density at radius 1 is 0.667 bits per heavy atom. The lowest BCUT2D eigenvalue weighted by molar-refractivity contribution is -0.379. The Bertz CT molecular complexity index is 1860. The Kier molecular flexibility index (Phi) is 19.9. The third-order valence-corrected chi connectivity index (χ3v) is 10.6. The molecule has 0 aliphatic carbocycles. The lowest BCUT2D eigenvalue weighted by Crippen LogP contribution is -2.66. The van der Waals surface area contributed by atoms with Crippen molar-refractivity contribution in [1.82, 2.24) is 5.32 Å². The number of amidine groups is 1. The van der Waals surface area contributed by atoms with Gasteiger partial charge < -0.3 is 104 Å². The average Bonchev–Trinajstić information content (AvgIpc) is 3.30. The minimum absolute atomic E-state index is 0.117. The molecule has 3 aliphatic rings. The van der Waals surface area contributed by atoms with Gasteiger partial charge in [0, 0.05) is 26.3 Å². The first-order chi connectivity index (χ1) is 31.6. The second-order valence-corrected chi connectivity index (χ2v) is 15.2. The molecular weight excluding hydrogens is 886 g/mol. The number of carbonyl (C=O) groups excluding carboxylic acids is 2. The molecule has 2 aromatic carbocycles. The molecule has 25 nitrogen and oxygen atoms in total. The van der Waals surface area contributed by atoms with Gasteiger partial charge in [-0.1, -0.05) is 0 Å². The number of rotatable bonds is 23. The van der Waals surface area contributed by atoms with Gasteiger partial charge in [0.05, 0.1) is 32.0 Å². The van der Waals surface area contributed by atoms with Crippen LogP contribution < -0.4 is 20.5 Å². The maximum atomic E-state index is 12.8. The Labute approximate surface area is 377 Å². The van der Waals surface area contributed by atoms with Gasteiger partial charge in [-0.25, -0.2) is 9.59 Å². The number of carboxylic acids is 1. The molecule has 5 rings (SSSR count). The van der Waals surface area contributed by atoms with Crippen LogP contribution >= 0.6 is 0 Å². The number of methoxy groups -OCH3 is 2. The molecule has 25 heteroatoms. The molecule has 0 radical (unpaired) electrons. The number of hydrogen-bond acceptors (Lipinski definition) is 22. The normalized spacial score (nSPS) is 32.3. The van der Waals surface area contributed by atoms with Crippen LogP contribution in [0.2, 0.25) is 0 Å². The molecule has 0 aromatic heterocycles. The number of aliphatic carboxylic acids is 1. The number of aliphatic hydroxyl groups is 7. The van der Waals surface area contributed by atoms with E-state index in [-0.39, 0.29) is 30.3 Å². The monoisotopic (exact) mass is 943 g/mol. The van der Waals surface area contributed by atoms with Crippen LogP contribution in [0, 0.1) is 5.41 Å². The number of carboxylic acid groups (broad SMARTS) is 1. The van der Waals surface area contributed by atoms with E-state index in [0.717, 1.165) is 0 Å². The number of aliphatic hydroxyl groups excluding tert-OH is 7. The van der Waals surface area contributed by atoms with Crippen molar-refractivity contribution in [2.45, 2.75) is 98.5 Å². The van der Waals surface area contributed by atoms with E-state index in [1.165, 1.54) is 38.5 Å². The first-order valence-electron chi connectivity index (χ1n) is 20.6. The van der Waals surface area contributed by atoms with Gasteiger partial charge in [-0.05, 0) is 55.0 Å². The minimum Gasteiger partial charge on any atom is -0.494 e. The molecular formula is C41H57N3O22. The first kappa shape index (κ1) is 52.4. The molecule has 3 heterocycles. The summed E-state index contributed by atoms with van der Waals surface area (Å²) in [6.07, 6.45) is -24.0. The number of amides is 1. The maximum Gasteiger partial charge on any atom is 0.343 e. The predicted molar refractivity (Wildman–Crippen MR) is 218 cm³/mol. The molecule has 0 spiro atoms. The van der Waals surface area contributed by atoms with Crippen LogP contribution in [0.25, 0.3) is 0 Å². The zero-order chi connectivity index (χ0) is 48.1. The van der Waals surface area contributed by atoms with Crippen molar-refractivity contribution in [3.05, 3.63) is 59.7 Å². The third kappa shape index (κ3) is 13.8. The molecule has 66 heavy (non-hydrogen) atoms. The lowest BCUT2D eigenvalue weighted by Gasteiger charge is -2.48. The van der Waals surface area contributed by atoms with Crippen LogP contribution in [-0.4, -0.2) is 217 Å². The highest BCUT2D eigenvalue weighted by Crippen LogP contribution is 2.33. The molecule has 12 N–H and O–H groups in total. The largest absolute Gasteiger partial charge is 0.494 e. The molecule has 0 bridgehead atoms. The Morgan fingerprint density at radius 2 is 1.17 bits per heavy atom. The zero-order valence-electron chi connectivity index (χ0n) is 35.8. The van der Waals surface area contributed by atoms with Crippen molar-refractivity contribution in [2.24, 2.45) is 5.73 Å². The van der Waals surface area contributed by atoms with Crippen LogP contribution in [0.15, 0.2) is 48.5 Å². The van der Waals surface area contributed by atoms with Gasteiger partial charge in [0.15, 0.2) is 18.9 Å². The summed E-state index contributed by atoms with van der Waals surface area (Å²) in [5, 5.41) is 94.8. The van der Waals surface area contributed by atoms with E-state index in [2.05, 4.69) is 5.32 Å². The number of hydrogen-bond donors (Lipinski definition) is 11. The molecule has 1 amide bonds. The van der Waals surface area contributed by atoms with E-state index < -0.39 is 143 Å². The molecule has 368 valence electrons. The third-order valence-electron chi connectivity index (χ3n) is 10.6. The number of nitrogens with one attached hydrogen (secondary N) is 2. The second-order valence-electron chi connectivity index (χ2n) is 15.2. The van der Waals surface area contributed by atoms with E-state index in [9.17, 15) is 50.1 Å². The highest BCUT2D eigenvalue weighted by Gasteiger charge is 2.54. The number of carbonyl (C=O) groups is 3. The minimum atomic E-state index is -2.01. The van der Waals surface area contributed by atoms with Gasteiger partial charge in [0.25, 0.3) is 0 Å². The van der Waals surface area contributed by atoms with Gasteiger partial charge in [0.2, 0.25) is 5.91 Å². The molecule has 3 fully saturated rings. The van der Waals surface area contributed by atoms with Gasteiger partial charge in [0.1, 0.15) is 104 Å². The standard InChI is InChI=1S/C41H57N3O22/c1-56-34-23(14-45)62-40(32(53)28(34)49)65-36-25(64-41(33(54)30(36)51)66-35-24(16-59-18-27(47)48)63-39(57-2)31(52)29(35)50)15-58-17-26(46)44-12-3-13-60-21-8-6-20(7-9-21)38(55)61-22-10-4-19(5-11-22)37(42)43/h4-11,23-25,28-36,39-41,45,49-54H,3,12-18H2,1-2H3,(H3,42,43)(H,44,46)(H,47,48)/t23-,24-,25?,28?,29?,30+,31?,32?,33?,34+,35+,36+,39+,40-,41-/m0/s1. The summed E-state index contributed by atoms with van der Waals surface area (Å²) in [5.41, 5.74) is 6.19. The Morgan fingerprint density at radius 3 is 1.70 bits per heavy atom. The topological polar surface area (TPSA) is 376 Å². The summed E-state index contributed by atoms with van der Waals surface area (Å²) in [6, 6.07) is 12.3. The van der Waals surface area contributed by atoms with Gasteiger partial charge >= 0.3 is 11.9 Å². The van der Waals surface area contributed by atoms with Crippen LogP contribution in [0.4, 0.5) is 0 Å². The molecule has 3 saturated heterocycles. The quantitative estimate of drug-likeness (QED) is 0.0166. The lowest BCUT2D eigenvalue weighted by atomic mass is 9.96. The first-order valence-corrected chi connectivity index (χ1v) is 20.6. The number of benzene rings is 2. The Balaban J connectivity index is 1.16. The summed E-state index contributed by atoms with van der Waals surface area (Å²) < 4.78 is 60.9. The average molecular weight is 944 g/mol. The van der Waals surface area contributed by atoms with E-state index in [1.54, 1.807) is 24.3 Å². The van der Waals surface area contributed by atoms with E-state index in [0.29, 0.717) is 17.7 Å². The fourth-order valence-corrected chi connectivity index (χ4v) is 7.12.